The molecule has 0 radical (unpaired) electrons. The number of hydrogen-bond donors (Lipinski definition) is 0. The highest BCUT2D eigenvalue weighted by molar-refractivity contribution is 6.16. The molecule has 0 aromatic heterocycles. The molecular weight excluding hydrogens is 370 g/mol. The average molecular weight is 402 g/mol. The first-order valence-electron chi connectivity index (χ1n) is 10.6. The van der Waals surface area contributed by atoms with Crippen LogP contribution in [0.5, 0.6) is 0 Å². The summed E-state index contributed by atoms with van der Waals surface area (Å²) in [5, 5.41) is 0. The number of likely N-dealkylation sites (N-methyl/N-ethyl adjacent to an activating group) is 1. The first-order valence-corrected chi connectivity index (χ1v) is 10.6. The van der Waals surface area contributed by atoms with E-state index in [0.717, 1.165) is 46.5 Å². The second-order valence-electron chi connectivity index (χ2n) is 8.77. The zero-order chi connectivity index (χ0) is 21.4. The van der Waals surface area contributed by atoms with Crippen LogP contribution in [-0.2, 0) is 4.79 Å². The Labute approximate surface area is 180 Å². The Morgan fingerprint density at radius 1 is 0.733 bits per heavy atom. The van der Waals surface area contributed by atoms with Crippen molar-refractivity contribution < 1.29 is 4.79 Å². The van der Waals surface area contributed by atoms with Crippen LogP contribution in [0.15, 0.2) is 59.7 Å². The number of rotatable bonds is 4. The Kier molecular flexibility index (Phi) is 5.52. The SMILES string of the molecule is CN(C)c1ccc(/C=C2\C(=O)/C(=C\c3ccc(N(C)C)cc3)[C@@H]3CC[C@H]2N3C)cc1. The third kappa shape index (κ3) is 3.80. The summed E-state index contributed by atoms with van der Waals surface area (Å²) in [6, 6.07) is 17.2. The molecule has 0 unspecified atom stereocenters. The van der Waals surface area contributed by atoms with Crippen molar-refractivity contribution in [2.45, 2.75) is 24.9 Å². The number of benzene rings is 2. The largest absolute Gasteiger partial charge is 0.378 e. The summed E-state index contributed by atoms with van der Waals surface area (Å²) >= 11 is 0. The topological polar surface area (TPSA) is 26.8 Å². The third-order valence-electron chi connectivity index (χ3n) is 6.40. The number of fused-ring (bicyclic) bond motifs is 2. The number of ketones is 1. The van der Waals surface area contributed by atoms with Crippen molar-refractivity contribution in [2.24, 2.45) is 0 Å². The molecule has 156 valence electrons. The Morgan fingerprint density at radius 3 is 1.43 bits per heavy atom. The first kappa shape index (κ1) is 20.4. The van der Waals surface area contributed by atoms with E-state index in [-0.39, 0.29) is 17.9 Å². The molecule has 4 nitrogen and oxygen atoms in total. The van der Waals surface area contributed by atoms with Crippen molar-refractivity contribution in [1.82, 2.24) is 4.90 Å². The standard InChI is InChI=1S/C26H31N3O/c1-27(2)20-10-6-18(7-11-20)16-22-24-14-15-25(29(24)5)23(26(22)30)17-19-8-12-21(13-9-19)28(3)4/h6-13,16-17,24-25H,14-15H2,1-5H3/b22-16-,23-17-/t24-,25+. The van der Waals surface area contributed by atoms with Gasteiger partial charge in [0.05, 0.1) is 0 Å². The number of carbonyl (C=O) groups excluding carboxylic acids is 1. The fourth-order valence-electron chi connectivity index (χ4n) is 4.58. The molecule has 0 N–H and O–H groups in total. The maximum atomic E-state index is 13.5. The zero-order valence-corrected chi connectivity index (χ0v) is 18.6. The minimum absolute atomic E-state index is 0.203. The summed E-state index contributed by atoms with van der Waals surface area (Å²) < 4.78 is 0. The molecule has 4 heteroatoms. The van der Waals surface area contributed by atoms with E-state index < -0.39 is 0 Å². The average Bonchev–Trinajstić information content (AvgIpc) is 3.04. The highest BCUT2D eigenvalue weighted by Gasteiger charge is 2.44. The molecule has 2 aliphatic rings. The van der Waals surface area contributed by atoms with Crippen molar-refractivity contribution in [3.8, 4) is 0 Å². The van der Waals surface area contributed by atoms with Gasteiger partial charge in [-0.1, -0.05) is 24.3 Å². The second-order valence-corrected chi connectivity index (χ2v) is 8.77. The van der Waals surface area contributed by atoms with Crippen molar-refractivity contribution in [1.29, 1.82) is 0 Å². The molecule has 0 spiro atoms. The molecule has 4 rings (SSSR count). The predicted molar refractivity (Wildman–Crippen MR) is 127 cm³/mol. The summed E-state index contributed by atoms with van der Waals surface area (Å²) in [6.07, 6.45) is 6.25. The third-order valence-corrected chi connectivity index (χ3v) is 6.40. The van der Waals surface area contributed by atoms with Gasteiger partial charge in [-0.15, -0.1) is 0 Å². The smallest absolute Gasteiger partial charge is 0.188 e. The van der Waals surface area contributed by atoms with E-state index in [0.29, 0.717) is 0 Å². The lowest BCUT2D eigenvalue weighted by Gasteiger charge is -2.34. The lowest BCUT2D eigenvalue weighted by Crippen LogP contribution is -2.43. The lowest BCUT2D eigenvalue weighted by molar-refractivity contribution is -0.114. The van der Waals surface area contributed by atoms with E-state index in [1.165, 1.54) is 0 Å². The van der Waals surface area contributed by atoms with Crippen LogP contribution in [0, 0.1) is 0 Å². The van der Waals surface area contributed by atoms with Crippen molar-refractivity contribution >= 4 is 29.3 Å². The molecule has 30 heavy (non-hydrogen) atoms. The van der Waals surface area contributed by atoms with Gasteiger partial charge in [0.15, 0.2) is 5.78 Å². The van der Waals surface area contributed by atoms with E-state index in [4.69, 9.17) is 0 Å². The summed E-state index contributed by atoms with van der Waals surface area (Å²) in [6.45, 7) is 0. The van der Waals surface area contributed by atoms with Gasteiger partial charge < -0.3 is 9.80 Å². The van der Waals surface area contributed by atoms with Crippen molar-refractivity contribution in [3.05, 3.63) is 70.8 Å². The lowest BCUT2D eigenvalue weighted by atomic mass is 9.88. The highest BCUT2D eigenvalue weighted by Crippen LogP contribution is 2.40. The van der Waals surface area contributed by atoms with Gasteiger partial charge in [0, 0.05) is 62.8 Å². The van der Waals surface area contributed by atoms with Crippen LogP contribution < -0.4 is 9.80 Å². The van der Waals surface area contributed by atoms with Gasteiger partial charge in [-0.3, -0.25) is 9.69 Å². The predicted octanol–water partition coefficient (Wildman–Crippen LogP) is 4.33. The molecule has 2 heterocycles. The summed E-state index contributed by atoms with van der Waals surface area (Å²) in [5.74, 6) is 0.203. The van der Waals surface area contributed by atoms with Crippen LogP contribution >= 0.6 is 0 Å². The molecule has 2 atom stereocenters. The van der Waals surface area contributed by atoms with Crippen LogP contribution in [0.1, 0.15) is 24.0 Å². The Balaban J connectivity index is 1.68. The van der Waals surface area contributed by atoms with Crippen molar-refractivity contribution in [2.75, 3.05) is 45.0 Å². The van der Waals surface area contributed by atoms with Crippen LogP contribution in [0.4, 0.5) is 11.4 Å². The van der Waals surface area contributed by atoms with E-state index in [1.807, 2.05) is 28.2 Å². The van der Waals surface area contributed by atoms with E-state index >= 15 is 0 Å². The monoisotopic (exact) mass is 401 g/mol. The van der Waals surface area contributed by atoms with Gasteiger partial charge in [0.2, 0.25) is 0 Å². The van der Waals surface area contributed by atoms with Gasteiger partial charge in [-0.05, 0) is 67.4 Å². The van der Waals surface area contributed by atoms with Gasteiger partial charge in [0.25, 0.3) is 0 Å². The molecule has 2 aromatic rings. The Morgan fingerprint density at radius 2 is 1.10 bits per heavy atom. The highest BCUT2D eigenvalue weighted by atomic mass is 16.1. The van der Waals surface area contributed by atoms with E-state index in [9.17, 15) is 4.79 Å². The normalized spacial score (nSPS) is 24.0. The molecule has 0 amide bonds. The molecule has 2 aliphatic heterocycles. The molecule has 0 aliphatic carbocycles. The number of nitrogens with zero attached hydrogens (tertiary/aromatic N) is 3. The summed E-state index contributed by atoms with van der Waals surface area (Å²) in [5.41, 5.74) is 6.31. The number of Topliss-reactive ketones (excluding diaryl/α,β-unsaturated/α-hetero) is 1. The number of hydrogen-bond acceptors (Lipinski definition) is 4. The fraction of sp³-hybridized carbons (Fsp3) is 0.346. The van der Waals surface area contributed by atoms with Gasteiger partial charge in [-0.25, -0.2) is 0 Å². The van der Waals surface area contributed by atoms with E-state index in [2.05, 4.69) is 82.4 Å². The summed E-state index contributed by atoms with van der Waals surface area (Å²) in [4.78, 5) is 20.1. The van der Waals surface area contributed by atoms with Crippen LogP contribution in [0.25, 0.3) is 12.2 Å². The fourth-order valence-corrected chi connectivity index (χ4v) is 4.58. The Bertz CT molecular complexity index is 904. The number of anilines is 2. The molecule has 2 bridgehead atoms. The number of piperidine rings is 1. The van der Waals surface area contributed by atoms with Crippen LogP contribution in [-0.4, -0.2) is 58.0 Å². The molecular formula is C26H31N3O. The van der Waals surface area contributed by atoms with E-state index in [1.54, 1.807) is 0 Å². The quantitative estimate of drug-likeness (QED) is 0.713. The molecule has 2 fully saturated rings. The van der Waals surface area contributed by atoms with Crippen molar-refractivity contribution in [3.63, 3.8) is 0 Å². The van der Waals surface area contributed by atoms with Gasteiger partial charge >= 0.3 is 0 Å². The summed E-state index contributed by atoms with van der Waals surface area (Å²) in [7, 11) is 10.3. The maximum Gasteiger partial charge on any atom is 0.188 e. The maximum absolute atomic E-state index is 13.5. The zero-order valence-electron chi connectivity index (χ0n) is 18.6. The minimum atomic E-state index is 0.203. The Hall–Kier alpha value is -2.85. The van der Waals surface area contributed by atoms with Gasteiger partial charge in [-0.2, -0.15) is 0 Å². The second kappa shape index (κ2) is 8.11. The molecule has 2 saturated heterocycles. The van der Waals surface area contributed by atoms with Crippen LogP contribution in [0.3, 0.4) is 0 Å². The molecule has 0 saturated carbocycles. The van der Waals surface area contributed by atoms with Gasteiger partial charge in [0.1, 0.15) is 0 Å². The first-order chi connectivity index (χ1) is 14.3. The molecule has 2 aromatic carbocycles. The van der Waals surface area contributed by atoms with Crippen LogP contribution in [0.2, 0.25) is 0 Å². The minimum Gasteiger partial charge on any atom is -0.378 e. The number of carbonyl (C=O) groups is 1.